The zero-order chi connectivity index (χ0) is 11.5. The Balaban J connectivity index is 2.47. The lowest BCUT2D eigenvalue weighted by atomic mass is 9.98. The number of rotatable bonds is 4. The van der Waals surface area contributed by atoms with E-state index in [1.165, 1.54) is 0 Å². The van der Waals surface area contributed by atoms with Crippen LogP contribution < -0.4 is 0 Å². The van der Waals surface area contributed by atoms with Crippen molar-refractivity contribution in [3.63, 3.8) is 0 Å². The lowest BCUT2D eigenvalue weighted by Gasteiger charge is -2.23. The maximum absolute atomic E-state index is 11.3. The quantitative estimate of drug-likeness (QED) is 0.676. The average Bonchev–Trinajstić information content (AvgIpc) is 1.99. The second kappa shape index (κ2) is 5.32. The third kappa shape index (κ3) is 6.07. The van der Waals surface area contributed by atoms with Crippen LogP contribution in [0.2, 0.25) is 0 Å². The molecule has 9 heteroatoms. The van der Waals surface area contributed by atoms with Crippen LogP contribution in [0.3, 0.4) is 0 Å². The minimum atomic E-state index is -4.58. The van der Waals surface area contributed by atoms with Gasteiger partial charge in [0.25, 0.3) is 0 Å². The summed E-state index contributed by atoms with van der Waals surface area (Å²) in [6, 6.07) is 0. The minimum Gasteiger partial charge on any atom is -0.316 e. The molecule has 1 saturated carbocycles. The van der Waals surface area contributed by atoms with Gasteiger partial charge in [-0.1, -0.05) is 19.3 Å². The zero-order valence-electron chi connectivity index (χ0n) is 7.98. The first kappa shape index (κ1) is 13.7. The number of hydrogen-bond donors (Lipinski definition) is 3. The van der Waals surface area contributed by atoms with E-state index in [0.717, 1.165) is 19.3 Å². The third-order valence-electron chi connectivity index (χ3n) is 2.04. The Morgan fingerprint density at radius 1 is 1.07 bits per heavy atom. The first-order valence-electron chi connectivity index (χ1n) is 4.57. The second-order valence-corrected chi connectivity index (χ2v) is 10.5. The van der Waals surface area contributed by atoms with E-state index in [1.54, 1.807) is 0 Å². The molecule has 1 atom stereocenters. The highest BCUT2D eigenvalue weighted by Crippen LogP contribution is 2.73. The molecular formula is C6H14O6P2S. The molecular weight excluding hydrogens is 262 g/mol. The van der Waals surface area contributed by atoms with Crippen molar-refractivity contribution in [1.82, 2.24) is 0 Å². The van der Waals surface area contributed by atoms with Gasteiger partial charge in [0, 0.05) is 0 Å². The Morgan fingerprint density at radius 2 is 1.60 bits per heavy atom. The van der Waals surface area contributed by atoms with Gasteiger partial charge in [0.2, 0.25) is 0 Å². The SMILES string of the molecule is O=P(O)(O)SP(=O)(O)OC1CCCCC1. The summed E-state index contributed by atoms with van der Waals surface area (Å²) >= 11 is -0.292. The molecule has 0 aromatic carbocycles. The summed E-state index contributed by atoms with van der Waals surface area (Å²) in [6.45, 7) is -8.81. The van der Waals surface area contributed by atoms with E-state index in [-0.39, 0.29) is 17.1 Å². The predicted octanol–water partition coefficient (Wildman–Crippen LogP) is 2.26. The maximum Gasteiger partial charge on any atom is 0.398 e. The van der Waals surface area contributed by atoms with E-state index in [1.807, 2.05) is 0 Å². The van der Waals surface area contributed by atoms with Gasteiger partial charge in [0.05, 0.1) is 17.1 Å². The molecule has 0 bridgehead atoms. The van der Waals surface area contributed by atoms with Gasteiger partial charge in [0.1, 0.15) is 0 Å². The fourth-order valence-corrected chi connectivity index (χ4v) is 6.46. The molecule has 1 aliphatic carbocycles. The molecule has 0 aliphatic heterocycles. The number of hydrogen-bond acceptors (Lipinski definition) is 4. The van der Waals surface area contributed by atoms with Gasteiger partial charge in [0.15, 0.2) is 0 Å². The second-order valence-electron chi connectivity index (χ2n) is 3.41. The van der Waals surface area contributed by atoms with Gasteiger partial charge in [-0.25, -0.2) is 9.13 Å². The fourth-order valence-electron chi connectivity index (χ4n) is 1.51. The lowest BCUT2D eigenvalue weighted by molar-refractivity contribution is 0.143. The summed E-state index contributed by atoms with van der Waals surface area (Å²) in [7, 11) is 0. The van der Waals surface area contributed by atoms with E-state index >= 15 is 0 Å². The van der Waals surface area contributed by atoms with Crippen molar-refractivity contribution in [3.05, 3.63) is 0 Å². The summed E-state index contributed by atoms with van der Waals surface area (Å²) in [6.07, 6.45) is 3.91. The van der Waals surface area contributed by atoms with E-state index < -0.39 is 13.6 Å². The van der Waals surface area contributed by atoms with Crippen LogP contribution >= 0.6 is 24.6 Å². The molecule has 15 heavy (non-hydrogen) atoms. The van der Waals surface area contributed by atoms with E-state index in [0.29, 0.717) is 12.8 Å². The van der Waals surface area contributed by atoms with Crippen molar-refractivity contribution in [1.29, 1.82) is 0 Å². The molecule has 0 radical (unpaired) electrons. The topological polar surface area (TPSA) is 104 Å². The molecule has 0 heterocycles. The van der Waals surface area contributed by atoms with Gasteiger partial charge in [-0.15, -0.1) is 0 Å². The van der Waals surface area contributed by atoms with Crippen LogP contribution in [0.15, 0.2) is 0 Å². The molecule has 1 aliphatic rings. The van der Waals surface area contributed by atoms with Crippen LogP contribution in [0.4, 0.5) is 0 Å². The van der Waals surface area contributed by atoms with Crippen molar-refractivity contribution < 1.29 is 28.3 Å². The predicted molar refractivity (Wildman–Crippen MR) is 57.4 cm³/mol. The molecule has 0 aromatic rings. The molecule has 1 unspecified atom stereocenters. The maximum atomic E-state index is 11.3. The molecule has 0 aromatic heterocycles. The highest BCUT2D eigenvalue weighted by atomic mass is 33.1. The smallest absolute Gasteiger partial charge is 0.316 e. The highest BCUT2D eigenvalue weighted by molar-refractivity contribution is 8.84. The van der Waals surface area contributed by atoms with Crippen LogP contribution in [-0.2, 0) is 13.7 Å². The Hall–Kier alpha value is 0.650. The highest BCUT2D eigenvalue weighted by Gasteiger charge is 2.35. The molecule has 6 nitrogen and oxygen atoms in total. The summed E-state index contributed by atoms with van der Waals surface area (Å²) in [5.41, 5.74) is 0. The summed E-state index contributed by atoms with van der Waals surface area (Å²) in [5, 5.41) is 0. The normalized spacial score (nSPS) is 23.7. The third-order valence-corrected chi connectivity index (χ3v) is 8.31. The molecule has 90 valence electrons. The summed E-state index contributed by atoms with van der Waals surface area (Å²) < 4.78 is 26.7. The first-order valence-corrected chi connectivity index (χ1v) is 9.78. The lowest BCUT2D eigenvalue weighted by Crippen LogP contribution is -2.14. The van der Waals surface area contributed by atoms with Gasteiger partial charge < -0.3 is 14.7 Å². The zero-order valence-corrected chi connectivity index (χ0v) is 10.6. The summed E-state index contributed by atoms with van der Waals surface area (Å²) in [5.74, 6) is 0. The van der Waals surface area contributed by atoms with Gasteiger partial charge in [-0.2, -0.15) is 0 Å². The fraction of sp³-hybridized carbons (Fsp3) is 1.00. The van der Waals surface area contributed by atoms with Crippen molar-refractivity contribution in [3.8, 4) is 0 Å². The van der Waals surface area contributed by atoms with Crippen molar-refractivity contribution >= 4 is 24.6 Å². The van der Waals surface area contributed by atoms with Crippen molar-refractivity contribution in [2.45, 2.75) is 38.2 Å². The monoisotopic (exact) mass is 276 g/mol. The van der Waals surface area contributed by atoms with Crippen LogP contribution in [0.1, 0.15) is 32.1 Å². The summed E-state index contributed by atoms with van der Waals surface area (Å²) in [4.78, 5) is 26.3. The van der Waals surface area contributed by atoms with Crippen LogP contribution in [0, 0.1) is 0 Å². The van der Waals surface area contributed by atoms with Crippen molar-refractivity contribution in [2.24, 2.45) is 0 Å². The van der Waals surface area contributed by atoms with E-state index in [9.17, 15) is 14.0 Å². The van der Waals surface area contributed by atoms with Crippen molar-refractivity contribution in [2.75, 3.05) is 0 Å². The van der Waals surface area contributed by atoms with Crippen LogP contribution in [0.25, 0.3) is 0 Å². The Morgan fingerprint density at radius 3 is 2.07 bits per heavy atom. The van der Waals surface area contributed by atoms with Crippen LogP contribution in [-0.4, -0.2) is 20.8 Å². The van der Waals surface area contributed by atoms with Gasteiger partial charge in [-0.05, 0) is 12.8 Å². The van der Waals surface area contributed by atoms with E-state index in [4.69, 9.17) is 14.3 Å². The van der Waals surface area contributed by atoms with Gasteiger partial charge in [-0.3, -0.25) is 4.52 Å². The molecule has 1 fully saturated rings. The molecule has 0 saturated heterocycles. The first-order chi connectivity index (χ1) is 6.79. The molecule has 1 rings (SSSR count). The molecule has 0 amide bonds. The van der Waals surface area contributed by atoms with E-state index in [2.05, 4.69) is 0 Å². The Bertz CT molecular complexity index is 296. The Labute approximate surface area is 91.6 Å². The van der Waals surface area contributed by atoms with Crippen LogP contribution in [0.5, 0.6) is 0 Å². The molecule has 0 spiro atoms. The standard InChI is InChI=1S/C6H14O6P2S/c7-13(8,9)15-14(10,11)12-6-4-2-1-3-5-6/h6H,1-5H2,(H,10,11)(H2,7,8,9). The average molecular weight is 276 g/mol. The largest absolute Gasteiger partial charge is 0.398 e. The van der Waals surface area contributed by atoms with Gasteiger partial charge >= 0.3 is 13.6 Å². The minimum absolute atomic E-state index is 0.292. The molecule has 3 N–H and O–H groups in total. The Kier molecular flexibility index (Phi) is 4.86.